The SMILES string of the molecule is [Ge].[Sb].[Se]=[Te]. The van der Waals surface area contributed by atoms with Crippen LogP contribution in [0.5, 0.6) is 0 Å². The van der Waals surface area contributed by atoms with Gasteiger partial charge in [-0.3, -0.25) is 0 Å². The van der Waals surface area contributed by atoms with Gasteiger partial charge in [0.2, 0.25) is 0 Å². The molecule has 0 rings (SSSR count). The molecule has 0 aliphatic rings. The van der Waals surface area contributed by atoms with E-state index in [4.69, 9.17) is 0 Å². The molecular formula is GeSbSeTe. The van der Waals surface area contributed by atoms with Crippen LogP contribution in [0.4, 0.5) is 0 Å². The van der Waals surface area contributed by atoms with Crippen molar-refractivity contribution in [2.75, 3.05) is 0 Å². The quantitative estimate of drug-likeness (QED) is 0.433. The van der Waals surface area contributed by atoms with E-state index in [2.05, 4.69) is 12.3 Å². The summed E-state index contributed by atoms with van der Waals surface area (Å²) in [6, 6.07) is 0. The van der Waals surface area contributed by atoms with Gasteiger partial charge in [0.25, 0.3) is 0 Å². The van der Waals surface area contributed by atoms with Gasteiger partial charge in [0.15, 0.2) is 0 Å². The standard InChI is InChI=1S/Ge.Sb.SeTe/c;;1-2. The van der Waals surface area contributed by atoms with Gasteiger partial charge in [0.05, 0.1) is 0 Å². The molecule has 4 heavy (non-hydrogen) atoms. The van der Waals surface area contributed by atoms with Gasteiger partial charge in [-0.15, -0.1) is 0 Å². The molecule has 0 atom stereocenters. The third kappa shape index (κ3) is 8.82. The fraction of sp³-hybridized carbons (Fsp3) is 0. The van der Waals surface area contributed by atoms with E-state index >= 15 is 0 Å². The molecule has 0 aliphatic heterocycles. The Kier molecular flexibility index (Phi) is 69.0. The number of rotatable bonds is 0. The zero-order valence-electron chi connectivity index (χ0n) is 1.76. The number of hydrogen-bond donors (Lipinski definition) is 0. The van der Waals surface area contributed by atoms with Gasteiger partial charge < -0.3 is 0 Å². The van der Waals surface area contributed by atoms with E-state index in [1.165, 1.54) is 0 Å². The Bertz CT molecular complexity index is 8.00. The molecule has 0 amide bonds. The summed E-state index contributed by atoms with van der Waals surface area (Å²) in [5.41, 5.74) is 0. The second-order valence-electron chi connectivity index (χ2n) is 0. The Morgan fingerprint density at radius 1 is 1.25 bits per heavy atom. The van der Waals surface area contributed by atoms with Crippen LogP contribution in [0.25, 0.3) is 0 Å². The molecule has 0 spiro atoms. The van der Waals surface area contributed by atoms with Crippen LogP contribution in [0.15, 0.2) is 0 Å². The first-order chi connectivity index (χ1) is 1.00. The van der Waals surface area contributed by atoms with E-state index in [9.17, 15) is 0 Å². The van der Waals surface area contributed by atoms with Crippen LogP contribution < -0.4 is 0 Å². The topological polar surface area (TPSA) is 0 Å². The van der Waals surface area contributed by atoms with Crippen molar-refractivity contribution >= 4 is 73.8 Å². The molecule has 0 bridgehead atoms. The summed E-state index contributed by atoms with van der Waals surface area (Å²) in [6.07, 6.45) is 0. The molecular weight excluding hydrogens is 401 g/mol. The van der Waals surface area contributed by atoms with Gasteiger partial charge in [-0.25, -0.2) is 0 Å². The molecule has 7 radical (unpaired) electrons. The third-order valence-corrected chi connectivity index (χ3v) is 0. The first-order valence-corrected chi connectivity index (χ1v) is 5.81. The van der Waals surface area contributed by atoms with Gasteiger partial charge >= 0.3 is 31.7 Å². The predicted octanol–water partition coefficient (Wildman–Crippen LogP) is -1.52. The van der Waals surface area contributed by atoms with E-state index in [0.717, 1.165) is 0 Å². The summed E-state index contributed by atoms with van der Waals surface area (Å²) < 4.78 is 0. The molecule has 0 N–H and O–H groups in total. The van der Waals surface area contributed by atoms with Gasteiger partial charge in [-0.1, -0.05) is 0 Å². The average molecular weight is 401 g/mol. The van der Waals surface area contributed by atoms with Crippen LogP contribution >= 0.6 is 0 Å². The van der Waals surface area contributed by atoms with Crippen molar-refractivity contribution < 1.29 is 0 Å². The average Bonchev–Trinajstić information content (AvgIpc) is 1.00. The maximum atomic E-state index is 2.64. The van der Waals surface area contributed by atoms with E-state index in [1.54, 1.807) is 0 Å². The minimum atomic E-state index is 0. The number of hydrogen-bond acceptors (Lipinski definition) is 0. The van der Waals surface area contributed by atoms with Crippen LogP contribution in [0.3, 0.4) is 0 Å². The molecule has 0 aromatic rings. The van der Waals surface area contributed by atoms with Crippen molar-refractivity contribution in [1.82, 2.24) is 0 Å². The molecule has 0 saturated carbocycles. The molecule has 0 heterocycles. The van der Waals surface area contributed by atoms with Crippen LogP contribution in [0.2, 0.25) is 0 Å². The Morgan fingerprint density at radius 3 is 1.25 bits per heavy atom. The van der Waals surface area contributed by atoms with E-state index in [1.807, 2.05) is 19.5 Å². The van der Waals surface area contributed by atoms with Crippen molar-refractivity contribution in [2.24, 2.45) is 0 Å². The Morgan fingerprint density at radius 2 is 1.25 bits per heavy atom. The molecule has 4 heteroatoms. The monoisotopic (exact) mass is 405 g/mol. The predicted molar refractivity (Wildman–Crippen MR) is 23.0 cm³/mol. The van der Waals surface area contributed by atoms with E-state index in [-0.39, 0.29) is 42.0 Å². The summed E-state index contributed by atoms with van der Waals surface area (Å²) in [5.74, 6) is 0. The molecule has 0 saturated heterocycles. The summed E-state index contributed by atoms with van der Waals surface area (Å²) in [7, 11) is 0. The van der Waals surface area contributed by atoms with Crippen molar-refractivity contribution in [3.63, 3.8) is 0 Å². The Labute approximate surface area is 72.5 Å². The zero-order valence-corrected chi connectivity index (χ0v) is 10.5. The Hall–Kier alpha value is 2.67. The molecule has 0 aliphatic carbocycles. The molecule has 0 aromatic carbocycles. The molecule has 21 valence electrons. The van der Waals surface area contributed by atoms with Gasteiger partial charge in [0.1, 0.15) is 0 Å². The maximum absolute atomic E-state index is 2.64. The zero-order chi connectivity index (χ0) is 2.00. The normalized spacial score (nSPS) is 1.00. The summed E-state index contributed by atoms with van der Waals surface area (Å²) in [5, 5.41) is 0. The fourth-order valence-electron chi connectivity index (χ4n) is 0. The Balaban J connectivity index is -0.00000000500. The van der Waals surface area contributed by atoms with E-state index < -0.39 is 0 Å². The van der Waals surface area contributed by atoms with Crippen molar-refractivity contribution in [3.8, 4) is 0 Å². The van der Waals surface area contributed by atoms with Crippen LogP contribution in [0.1, 0.15) is 0 Å². The van der Waals surface area contributed by atoms with Gasteiger partial charge in [-0.2, -0.15) is 0 Å². The van der Waals surface area contributed by atoms with Crippen LogP contribution in [0, 0.1) is 0 Å². The molecule has 0 aromatic heterocycles. The van der Waals surface area contributed by atoms with Crippen molar-refractivity contribution in [2.45, 2.75) is 0 Å². The summed E-state index contributed by atoms with van der Waals surface area (Å²) in [6.45, 7) is 0. The molecule has 0 nitrogen and oxygen atoms in total. The van der Waals surface area contributed by atoms with E-state index in [0.29, 0.717) is 0 Å². The fourth-order valence-corrected chi connectivity index (χ4v) is 0. The van der Waals surface area contributed by atoms with Crippen molar-refractivity contribution in [1.29, 1.82) is 0 Å². The molecule has 0 fully saturated rings. The molecule has 0 unspecified atom stereocenters. The van der Waals surface area contributed by atoms with Crippen molar-refractivity contribution in [3.05, 3.63) is 0 Å². The first-order valence-electron chi connectivity index (χ1n) is 0.167. The third-order valence-electron chi connectivity index (χ3n) is 0. The van der Waals surface area contributed by atoms with Gasteiger partial charge in [-0.05, 0) is 0 Å². The van der Waals surface area contributed by atoms with Gasteiger partial charge in [0, 0.05) is 42.0 Å². The second-order valence-corrected chi connectivity index (χ2v) is 0. The first kappa shape index (κ1) is 15.9. The summed E-state index contributed by atoms with van der Waals surface area (Å²) in [4.78, 5) is 0. The minimum absolute atomic E-state index is 0. The van der Waals surface area contributed by atoms with Crippen LogP contribution in [-0.2, 0) is 0 Å². The summed E-state index contributed by atoms with van der Waals surface area (Å²) >= 11 is 4.46. The second kappa shape index (κ2) is 17.3. The van der Waals surface area contributed by atoms with Crippen LogP contribution in [-0.4, -0.2) is 73.8 Å².